The molecule has 0 radical (unpaired) electrons. The first-order chi connectivity index (χ1) is 9.58. The molecule has 2 rings (SSSR count). The van der Waals surface area contributed by atoms with Crippen molar-refractivity contribution >= 4 is 35.1 Å². The molecule has 0 saturated carbocycles. The predicted octanol–water partition coefficient (Wildman–Crippen LogP) is 3.25. The van der Waals surface area contributed by atoms with Crippen LogP contribution in [0.25, 0.3) is 0 Å². The van der Waals surface area contributed by atoms with E-state index in [9.17, 15) is 0 Å². The monoisotopic (exact) mass is 311 g/mol. The number of aromatic nitrogens is 3. The van der Waals surface area contributed by atoms with Crippen LogP contribution in [-0.2, 0) is 6.54 Å². The van der Waals surface area contributed by atoms with E-state index >= 15 is 0 Å². The number of nitrogens with zero attached hydrogens (tertiary/aromatic N) is 4. The van der Waals surface area contributed by atoms with Crippen molar-refractivity contribution in [3.05, 3.63) is 40.1 Å². The van der Waals surface area contributed by atoms with Crippen LogP contribution in [0, 0.1) is 0 Å². The van der Waals surface area contributed by atoms with Gasteiger partial charge < -0.3 is 10.2 Å². The molecule has 0 aliphatic rings. The Hall–Kier alpha value is -1.59. The largest absolute Gasteiger partial charge is 0.354 e. The SMILES string of the molecule is CCNc1nc(Cl)nc(N(C)Cc2ccc(Cl)cc2)n1. The molecule has 0 atom stereocenters. The van der Waals surface area contributed by atoms with Crippen LogP contribution >= 0.6 is 23.2 Å². The van der Waals surface area contributed by atoms with E-state index in [0.29, 0.717) is 23.5 Å². The highest BCUT2D eigenvalue weighted by Crippen LogP contribution is 2.16. The summed E-state index contributed by atoms with van der Waals surface area (Å²) < 4.78 is 0. The maximum Gasteiger partial charge on any atom is 0.231 e. The smallest absolute Gasteiger partial charge is 0.231 e. The second-order valence-corrected chi connectivity index (χ2v) is 5.02. The van der Waals surface area contributed by atoms with Crippen LogP contribution in [-0.4, -0.2) is 28.5 Å². The molecule has 0 spiro atoms. The first kappa shape index (κ1) is 14.8. The van der Waals surface area contributed by atoms with Crippen molar-refractivity contribution in [1.29, 1.82) is 0 Å². The van der Waals surface area contributed by atoms with E-state index in [-0.39, 0.29) is 5.28 Å². The van der Waals surface area contributed by atoms with E-state index in [1.54, 1.807) is 0 Å². The number of nitrogens with one attached hydrogen (secondary N) is 1. The minimum atomic E-state index is 0.175. The summed E-state index contributed by atoms with van der Waals surface area (Å²) in [6, 6.07) is 7.64. The molecule has 0 fully saturated rings. The highest BCUT2D eigenvalue weighted by Gasteiger charge is 2.09. The van der Waals surface area contributed by atoms with Gasteiger partial charge in [-0.25, -0.2) is 0 Å². The molecule has 106 valence electrons. The zero-order valence-electron chi connectivity index (χ0n) is 11.3. The standard InChI is InChI=1S/C13H15Cl2N5/c1-3-16-12-17-11(15)18-13(19-12)20(2)8-9-4-6-10(14)7-5-9/h4-7H,3,8H2,1-2H3,(H,16,17,18,19). The number of anilines is 2. The molecule has 0 bridgehead atoms. The van der Waals surface area contributed by atoms with Crippen LogP contribution in [0.3, 0.4) is 0 Å². The Morgan fingerprint density at radius 1 is 1.10 bits per heavy atom. The van der Waals surface area contributed by atoms with Gasteiger partial charge in [-0.3, -0.25) is 0 Å². The average molecular weight is 312 g/mol. The Morgan fingerprint density at radius 3 is 2.45 bits per heavy atom. The van der Waals surface area contributed by atoms with Crippen molar-refractivity contribution in [2.24, 2.45) is 0 Å². The highest BCUT2D eigenvalue weighted by atomic mass is 35.5. The van der Waals surface area contributed by atoms with E-state index < -0.39 is 0 Å². The number of halogens is 2. The van der Waals surface area contributed by atoms with Gasteiger partial charge in [0.1, 0.15) is 0 Å². The van der Waals surface area contributed by atoms with Gasteiger partial charge in [0.2, 0.25) is 17.2 Å². The number of benzene rings is 1. The molecule has 5 nitrogen and oxygen atoms in total. The van der Waals surface area contributed by atoms with Crippen molar-refractivity contribution in [3.8, 4) is 0 Å². The number of hydrogen-bond acceptors (Lipinski definition) is 5. The Morgan fingerprint density at radius 2 is 1.80 bits per heavy atom. The van der Waals surface area contributed by atoms with Crippen molar-refractivity contribution < 1.29 is 0 Å². The summed E-state index contributed by atoms with van der Waals surface area (Å²) in [5.41, 5.74) is 1.11. The Bertz CT molecular complexity index is 573. The van der Waals surface area contributed by atoms with E-state index in [2.05, 4.69) is 20.3 Å². The molecular weight excluding hydrogens is 297 g/mol. The van der Waals surface area contributed by atoms with E-state index in [1.165, 1.54) is 0 Å². The summed E-state index contributed by atoms with van der Waals surface area (Å²) in [6.07, 6.45) is 0. The summed E-state index contributed by atoms with van der Waals surface area (Å²) in [4.78, 5) is 14.4. The van der Waals surface area contributed by atoms with Crippen LogP contribution in [0.4, 0.5) is 11.9 Å². The van der Waals surface area contributed by atoms with Crippen molar-refractivity contribution in [2.45, 2.75) is 13.5 Å². The molecule has 2 aromatic rings. The molecule has 1 aromatic heterocycles. The molecule has 0 aliphatic heterocycles. The normalized spacial score (nSPS) is 10.4. The zero-order valence-corrected chi connectivity index (χ0v) is 12.8. The van der Waals surface area contributed by atoms with Crippen LogP contribution in [0.5, 0.6) is 0 Å². The third-order valence-electron chi connectivity index (χ3n) is 2.61. The minimum absolute atomic E-state index is 0.175. The van der Waals surface area contributed by atoms with Gasteiger partial charge in [0.25, 0.3) is 0 Å². The molecule has 0 saturated heterocycles. The molecule has 0 aliphatic carbocycles. The second kappa shape index (κ2) is 6.72. The Kier molecular flexibility index (Phi) is 4.98. The van der Waals surface area contributed by atoms with Gasteiger partial charge >= 0.3 is 0 Å². The lowest BCUT2D eigenvalue weighted by atomic mass is 10.2. The summed E-state index contributed by atoms with van der Waals surface area (Å²) in [6.45, 7) is 3.35. The highest BCUT2D eigenvalue weighted by molar-refractivity contribution is 6.30. The molecule has 0 amide bonds. The van der Waals surface area contributed by atoms with E-state index in [1.807, 2.05) is 43.1 Å². The van der Waals surface area contributed by atoms with Gasteiger partial charge in [0.05, 0.1) is 0 Å². The van der Waals surface area contributed by atoms with Crippen molar-refractivity contribution in [2.75, 3.05) is 23.8 Å². The molecule has 1 heterocycles. The lowest BCUT2D eigenvalue weighted by Crippen LogP contribution is -2.20. The topological polar surface area (TPSA) is 53.9 Å². The lowest BCUT2D eigenvalue weighted by molar-refractivity contribution is 0.852. The van der Waals surface area contributed by atoms with Gasteiger partial charge in [0.15, 0.2) is 0 Å². The minimum Gasteiger partial charge on any atom is -0.354 e. The first-order valence-corrected chi connectivity index (χ1v) is 6.95. The Balaban J connectivity index is 2.15. The van der Waals surface area contributed by atoms with Gasteiger partial charge in [-0.05, 0) is 36.2 Å². The quantitative estimate of drug-likeness (QED) is 0.918. The third-order valence-corrected chi connectivity index (χ3v) is 3.03. The van der Waals surface area contributed by atoms with E-state index in [4.69, 9.17) is 23.2 Å². The molecule has 20 heavy (non-hydrogen) atoms. The van der Waals surface area contributed by atoms with Crippen molar-refractivity contribution in [3.63, 3.8) is 0 Å². The van der Waals surface area contributed by atoms with Gasteiger partial charge in [-0.2, -0.15) is 15.0 Å². The predicted molar refractivity (Wildman–Crippen MR) is 82.6 cm³/mol. The molecule has 7 heteroatoms. The Labute approximate surface area is 128 Å². The fourth-order valence-electron chi connectivity index (χ4n) is 1.68. The fourth-order valence-corrected chi connectivity index (χ4v) is 1.96. The lowest BCUT2D eigenvalue weighted by Gasteiger charge is -2.17. The molecular formula is C13H15Cl2N5. The van der Waals surface area contributed by atoms with Gasteiger partial charge in [-0.15, -0.1) is 0 Å². The maximum absolute atomic E-state index is 5.91. The second-order valence-electron chi connectivity index (χ2n) is 4.24. The summed E-state index contributed by atoms with van der Waals surface area (Å²) >= 11 is 11.8. The average Bonchev–Trinajstić information content (AvgIpc) is 2.41. The first-order valence-electron chi connectivity index (χ1n) is 6.19. The van der Waals surface area contributed by atoms with Gasteiger partial charge in [0, 0.05) is 25.2 Å². The number of rotatable bonds is 5. The maximum atomic E-state index is 5.91. The third kappa shape index (κ3) is 3.95. The number of hydrogen-bond donors (Lipinski definition) is 1. The zero-order chi connectivity index (χ0) is 14.5. The van der Waals surface area contributed by atoms with Gasteiger partial charge in [-0.1, -0.05) is 23.7 Å². The summed E-state index contributed by atoms with van der Waals surface area (Å²) in [7, 11) is 1.90. The molecule has 0 unspecified atom stereocenters. The van der Waals surface area contributed by atoms with Crippen LogP contribution < -0.4 is 10.2 Å². The summed E-state index contributed by atoms with van der Waals surface area (Å²) in [5, 5.41) is 3.92. The van der Waals surface area contributed by atoms with Crippen LogP contribution in [0.15, 0.2) is 24.3 Å². The van der Waals surface area contributed by atoms with Crippen LogP contribution in [0.1, 0.15) is 12.5 Å². The summed E-state index contributed by atoms with van der Waals surface area (Å²) in [5.74, 6) is 1.00. The molecule has 1 N–H and O–H groups in total. The van der Waals surface area contributed by atoms with Crippen LogP contribution in [0.2, 0.25) is 10.3 Å². The molecule has 1 aromatic carbocycles. The van der Waals surface area contributed by atoms with Crippen molar-refractivity contribution in [1.82, 2.24) is 15.0 Å². The fraction of sp³-hybridized carbons (Fsp3) is 0.308. The van der Waals surface area contributed by atoms with E-state index in [0.717, 1.165) is 12.1 Å².